The van der Waals surface area contributed by atoms with Crippen molar-refractivity contribution in [3.05, 3.63) is 116 Å². The molecule has 0 saturated carbocycles. The van der Waals surface area contributed by atoms with Gasteiger partial charge in [0.15, 0.2) is 5.16 Å². The Hall–Kier alpha value is -1.82. The third-order valence-corrected chi connectivity index (χ3v) is 8.97. The minimum atomic E-state index is -1.18. The summed E-state index contributed by atoms with van der Waals surface area (Å²) in [5.41, 5.74) is 5.33. The molecule has 3 aromatic carbocycles. The first-order valence-electron chi connectivity index (χ1n) is 13.0. The number of fused-ring (bicyclic) bond motifs is 1. The average molecular weight is 632 g/mol. The van der Waals surface area contributed by atoms with Crippen LogP contribution in [0.15, 0.2) is 82.4 Å². The van der Waals surface area contributed by atoms with E-state index in [1.54, 1.807) is 0 Å². The molecule has 203 valence electrons. The number of rotatable bonds is 9. The Morgan fingerprint density at radius 3 is 2.17 bits per heavy atom. The van der Waals surface area contributed by atoms with Crippen molar-refractivity contribution in [1.29, 1.82) is 0 Å². The normalized spacial score (nSPS) is 16.2. The third kappa shape index (κ3) is 6.79. The van der Waals surface area contributed by atoms with Crippen LogP contribution in [0, 0.1) is 0 Å². The van der Waals surface area contributed by atoms with Crippen molar-refractivity contribution in [2.75, 3.05) is 11.2 Å². The van der Waals surface area contributed by atoms with E-state index in [2.05, 4.69) is 91.5 Å². The molecule has 1 atom stereocenters. The third-order valence-electron chi connectivity index (χ3n) is 7.31. The predicted octanol–water partition coefficient (Wildman–Crippen LogP) is 6.70. The van der Waals surface area contributed by atoms with Gasteiger partial charge in [0.1, 0.15) is 5.15 Å². The van der Waals surface area contributed by atoms with Gasteiger partial charge in [-0.2, -0.15) is 0 Å². The standard InChI is InChI=1S/C31H31BrClN3O2S.Li/c1-39-30-34-25(24(20-37)29(33)35-30)17-31(38)16-8-13-23-14-15-26(28(32)27(23)31)36(18-21-9-4-2-5-10-21)19-22-11-6-3-7-12-22;/h2-7,9-12,14-15,37-38H,8,13,16-20H2,1H3;. The molecular weight excluding hydrogens is 601 g/mol. The smallest absolute Gasteiger partial charge is 0.188 e. The van der Waals surface area contributed by atoms with E-state index in [9.17, 15) is 10.2 Å². The number of aliphatic hydroxyl groups excluding tert-OH is 1. The van der Waals surface area contributed by atoms with Crippen LogP contribution in [0.5, 0.6) is 0 Å². The summed E-state index contributed by atoms with van der Waals surface area (Å²) < 4.78 is 0.893. The molecule has 5 nitrogen and oxygen atoms in total. The van der Waals surface area contributed by atoms with E-state index in [0.29, 0.717) is 22.8 Å². The van der Waals surface area contributed by atoms with Crippen LogP contribution in [0.4, 0.5) is 5.69 Å². The van der Waals surface area contributed by atoms with Gasteiger partial charge in [-0.1, -0.05) is 90.1 Å². The summed E-state index contributed by atoms with van der Waals surface area (Å²) in [5.74, 6) is 0. The van der Waals surface area contributed by atoms with Gasteiger partial charge in [0.2, 0.25) is 0 Å². The van der Waals surface area contributed by atoms with Crippen LogP contribution in [0.1, 0.15) is 46.4 Å². The minimum Gasteiger partial charge on any atom is -0.391 e. The molecule has 1 unspecified atom stereocenters. The molecule has 2 N–H and O–H groups in total. The minimum absolute atomic E-state index is 0. The Morgan fingerprint density at radius 1 is 0.975 bits per heavy atom. The number of aromatic nitrogens is 2. The first-order chi connectivity index (χ1) is 18.9. The van der Waals surface area contributed by atoms with Crippen molar-refractivity contribution < 1.29 is 10.2 Å². The summed E-state index contributed by atoms with van der Waals surface area (Å²) in [4.78, 5) is 11.3. The van der Waals surface area contributed by atoms with Crippen molar-refractivity contribution in [2.24, 2.45) is 0 Å². The fourth-order valence-corrected chi connectivity index (χ4v) is 7.11. The van der Waals surface area contributed by atoms with Gasteiger partial charge in [0.05, 0.1) is 23.6 Å². The largest absolute Gasteiger partial charge is 0.391 e. The molecular formula is C31H31BrClLiN3O2S. The molecule has 0 fully saturated rings. The van der Waals surface area contributed by atoms with Gasteiger partial charge in [-0.25, -0.2) is 9.97 Å². The number of thioether (sulfide) groups is 1. The molecule has 4 aromatic rings. The van der Waals surface area contributed by atoms with Crippen molar-refractivity contribution in [3.63, 3.8) is 0 Å². The van der Waals surface area contributed by atoms with Crippen LogP contribution < -0.4 is 4.90 Å². The molecule has 0 amide bonds. The summed E-state index contributed by atoms with van der Waals surface area (Å²) in [5, 5.41) is 23.1. The van der Waals surface area contributed by atoms with Gasteiger partial charge in [0.25, 0.3) is 0 Å². The topological polar surface area (TPSA) is 69.5 Å². The van der Waals surface area contributed by atoms with Crippen LogP contribution in [-0.4, -0.2) is 45.3 Å². The fourth-order valence-electron chi connectivity index (χ4n) is 5.42. The van der Waals surface area contributed by atoms with Gasteiger partial charge in [0, 0.05) is 54.0 Å². The monoisotopic (exact) mass is 630 g/mol. The molecule has 5 rings (SSSR count). The molecule has 0 spiro atoms. The van der Waals surface area contributed by atoms with E-state index in [-0.39, 0.29) is 37.0 Å². The Balaban J connectivity index is 0.00000370. The summed E-state index contributed by atoms with van der Waals surface area (Å²) in [6.07, 6.45) is 4.46. The van der Waals surface area contributed by atoms with E-state index in [0.717, 1.165) is 47.2 Å². The number of halogens is 2. The van der Waals surface area contributed by atoms with Crippen molar-refractivity contribution in [3.8, 4) is 0 Å². The fraction of sp³-hybridized carbons (Fsp3) is 0.290. The maximum absolute atomic E-state index is 12.3. The van der Waals surface area contributed by atoms with Gasteiger partial charge in [-0.15, -0.1) is 0 Å². The van der Waals surface area contributed by atoms with Crippen molar-refractivity contribution in [2.45, 2.75) is 56.1 Å². The zero-order valence-corrected chi connectivity index (χ0v) is 25.9. The van der Waals surface area contributed by atoms with Gasteiger partial charge >= 0.3 is 0 Å². The van der Waals surface area contributed by atoms with E-state index in [1.165, 1.54) is 22.9 Å². The average Bonchev–Trinajstić information content (AvgIpc) is 2.94. The molecule has 1 aromatic heterocycles. The molecule has 1 heterocycles. The van der Waals surface area contributed by atoms with Crippen LogP contribution in [0.3, 0.4) is 0 Å². The van der Waals surface area contributed by atoms with Crippen LogP contribution in [0.2, 0.25) is 5.15 Å². The van der Waals surface area contributed by atoms with E-state index < -0.39 is 5.60 Å². The SMILES string of the molecule is CSc1nc(Cl)c(CO)c(CC2(O)CCCc3ccc(N(Cc4ccccc4)Cc4ccccc4)c(Br)c32)n1.[Li]. The molecule has 1 radical (unpaired) electrons. The maximum Gasteiger partial charge on any atom is 0.188 e. The molecule has 0 bridgehead atoms. The second-order valence-corrected chi connectivity index (χ2v) is 11.8. The molecule has 1 aliphatic carbocycles. The Labute approximate surface area is 265 Å². The molecule has 0 aliphatic heterocycles. The second kappa shape index (κ2) is 13.9. The second-order valence-electron chi connectivity index (χ2n) is 9.91. The number of hydrogen-bond donors (Lipinski definition) is 2. The quantitative estimate of drug-likeness (QED) is 0.0928. The number of benzene rings is 3. The van der Waals surface area contributed by atoms with Crippen molar-refractivity contribution >= 4 is 63.8 Å². The van der Waals surface area contributed by atoms with Crippen LogP contribution >= 0.6 is 39.3 Å². The Bertz CT molecular complexity index is 1410. The molecule has 40 heavy (non-hydrogen) atoms. The number of anilines is 1. The summed E-state index contributed by atoms with van der Waals surface area (Å²) >= 11 is 11.7. The van der Waals surface area contributed by atoms with Crippen LogP contribution in [-0.2, 0) is 38.1 Å². The summed E-state index contributed by atoms with van der Waals surface area (Å²) in [6.45, 7) is 1.16. The van der Waals surface area contributed by atoms with Crippen LogP contribution in [0.25, 0.3) is 0 Å². The van der Waals surface area contributed by atoms with Gasteiger partial charge < -0.3 is 15.1 Å². The number of hydrogen-bond acceptors (Lipinski definition) is 6. The van der Waals surface area contributed by atoms with Gasteiger partial charge in [-0.05, 0) is 64.2 Å². The summed E-state index contributed by atoms with van der Waals surface area (Å²) in [6, 6.07) is 25.2. The first-order valence-corrected chi connectivity index (χ1v) is 15.4. The first kappa shape index (κ1) is 31.1. The van der Waals surface area contributed by atoms with Crippen molar-refractivity contribution in [1.82, 2.24) is 9.97 Å². The molecule has 1 aliphatic rings. The zero-order chi connectivity index (χ0) is 27.4. The number of aliphatic hydroxyl groups is 2. The van der Waals surface area contributed by atoms with E-state index >= 15 is 0 Å². The predicted molar refractivity (Wildman–Crippen MR) is 168 cm³/mol. The zero-order valence-electron chi connectivity index (χ0n) is 22.8. The van der Waals surface area contributed by atoms with Gasteiger partial charge in [-0.3, -0.25) is 0 Å². The van der Waals surface area contributed by atoms with E-state index in [4.69, 9.17) is 11.6 Å². The summed E-state index contributed by atoms with van der Waals surface area (Å²) in [7, 11) is 0. The Morgan fingerprint density at radius 2 is 1.60 bits per heavy atom. The molecule has 0 saturated heterocycles. The Kier molecular flexibility index (Phi) is 10.8. The number of nitrogens with zero attached hydrogens (tertiary/aromatic N) is 3. The number of aryl methyl sites for hydroxylation is 1. The maximum atomic E-state index is 12.3. The molecule has 9 heteroatoms. The van der Waals surface area contributed by atoms with E-state index in [1.807, 2.05) is 18.4 Å².